The number of nitrogens with one attached hydrogen (secondary N) is 1. The first kappa shape index (κ1) is 15.2. The average Bonchev–Trinajstić information content (AvgIpc) is 2.43. The number of ether oxygens (including phenoxy) is 1. The first-order valence-corrected chi connectivity index (χ1v) is 7.16. The molecule has 1 N–H and O–H groups in total. The van der Waals surface area contributed by atoms with Crippen LogP contribution in [0.4, 0.5) is 5.69 Å². The predicted octanol–water partition coefficient (Wildman–Crippen LogP) is 5.02. The Labute approximate surface area is 135 Å². The van der Waals surface area contributed by atoms with Crippen LogP contribution < -0.4 is 10.1 Å². The normalized spacial score (nSPS) is 10.2. The summed E-state index contributed by atoms with van der Waals surface area (Å²) in [5, 5.41) is 3.73. The second kappa shape index (κ2) is 6.48. The lowest BCUT2D eigenvalue weighted by Gasteiger charge is -2.11. The minimum absolute atomic E-state index is 0.327. The number of benzene rings is 2. The molecular weight excluding hydrogens is 365 g/mol. The smallest absolute Gasteiger partial charge is 0.259 e. The lowest BCUT2D eigenvalue weighted by atomic mass is 10.2. The molecule has 3 nitrogen and oxygen atoms in total. The molecule has 0 saturated heterocycles. The van der Waals surface area contributed by atoms with Crippen LogP contribution in [0.1, 0.15) is 10.4 Å². The van der Waals surface area contributed by atoms with Crippen molar-refractivity contribution in [3.05, 3.63) is 56.5 Å². The number of rotatable bonds is 3. The molecule has 2 aromatic rings. The molecule has 0 bridgehead atoms. The molecule has 0 aromatic heterocycles. The molecule has 0 heterocycles. The van der Waals surface area contributed by atoms with Gasteiger partial charge in [0.05, 0.1) is 27.9 Å². The van der Waals surface area contributed by atoms with Crippen LogP contribution in [-0.4, -0.2) is 13.0 Å². The van der Waals surface area contributed by atoms with Crippen molar-refractivity contribution in [2.45, 2.75) is 0 Å². The van der Waals surface area contributed by atoms with Crippen molar-refractivity contribution in [1.29, 1.82) is 0 Å². The molecule has 20 heavy (non-hydrogen) atoms. The molecule has 0 aliphatic carbocycles. The molecule has 0 fully saturated rings. The number of carbonyl (C=O) groups excluding carboxylic acids is 1. The van der Waals surface area contributed by atoms with Gasteiger partial charge in [-0.2, -0.15) is 0 Å². The van der Waals surface area contributed by atoms with Crippen LogP contribution in [-0.2, 0) is 0 Å². The van der Waals surface area contributed by atoms with Gasteiger partial charge >= 0.3 is 0 Å². The van der Waals surface area contributed by atoms with Crippen LogP contribution in [0.5, 0.6) is 5.75 Å². The third-order valence-electron chi connectivity index (χ3n) is 2.61. The molecule has 2 aromatic carbocycles. The van der Waals surface area contributed by atoms with Crippen molar-refractivity contribution in [3.63, 3.8) is 0 Å². The maximum absolute atomic E-state index is 12.3. The second-order valence-electron chi connectivity index (χ2n) is 3.90. The van der Waals surface area contributed by atoms with Gasteiger partial charge in [-0.3, -0.25) is 4.79 Å². The van der Waals surface area contributed by atoms with Crippen molar-refractivity contribution in [2.75, 3.05) is 12.4 Å². The highest BCUT2D eigenvalue weighted by Gasteiger charge is 2.15. The molecule has 0 spiro atoms. The lowest BCUT2D eigenvalue weighted by molar-refractivity contribution is 0.102. The van der Waals surface area contributed by atoms with Gasteiger partial charge in [-0.15, -0.1) is 0 Å². The minimum atomic E-state index is -0.327. The Morgan fingerprint density at radius 1 is 1.25 bits per heavy atom. The van der Waals surface area contributed by atoms with Gasteiger partial charge in [0, 0.05) is 5.02 Å². The van der Waals surface area contributed by atoms with E-state index in [1.54, 1.807) is 36.4 Å². The molecule has 2 rings (SSSR count). The number of amides is 1. The number of hydrogen-bond acceptors (Lipinski definition) is 2. The van der Waals surface area contributed by atoms with E-state index >= 15 is 0 Å². The fourth-order valence-corrected chi connectivity index (χ4v) is 2.36. The van der Waals surface area contributed by atoms with Crippen LogP contribution in [0.15, 0.2) is 40.9 Å². The second-order valence-corrected chi connectivity index (χ2v) is 5.54. The van der Waals surface area contributed by atoms with Gasteiger partial charge in [0.25, 0.3) is 5.91 Å². The summed E-state index contributed by atoms with van der Waals surface area (Å²) >= 11 is 15.2. The van der Waals surface area contributed by atoms with Crippen molar-refractivity contribution in [2.24, 2.45) is 0 Å². The number of anilines is 1. The molecule has 1 amide bonds. The number of carbonyl (C=O) groups is 1. The summed E-state index contributed by atoms with van der Waals surface area (Å²) in [5.74, 6) is 0.123. The van der Waals surface area contributed by atoms with Gasteiger partial charge < -0.3 is 10.1 Å². The molecular formula is C14H10BrCl2NO2. The van der Waals surface area contributed by atoms with Gasteiger partial charge in [0.2, 0.25) is 0 Å². The van der Waals surface area contributed by atoms with E-state index in [9.17, 15) is 4.79 Å². The van der Waals surface area contributed by atoms with E-state index in [1.807, 2.05) is 0 Å². The van der Waals surface area contributed by atoms with Gasteiger partial charge in [0.1, 0.15) is 5.75 Å². The summed E-state index contributed by atoms with van der Waals surface area (Å²) in [7, 11) is 1.50. The quantitative estimate of drug-likeness (QED) is 0.819. The average molecular weight is 375 g/mol. The highest BCUT2D eigenvalue weighted by atomic mass is 79.9. The van der Waals surface area contributed by atoms with Gasteiger partial charge in [-0.05, 0) is 46.3 Å². The Kier molecular flexibility index (Phi) is 4.91. The van der Waals surface area contributed by atoms with Gasteiger partial charge in [0.15, 0.2) is 0 Å². The SMILES string of the molecule is COc1ccc(Cl)cc1C(=O)Nc1cccc(Cl)c1Br. The molecule has 0 radical (unpaired) electrons. The molecule has 0 aliphatic heterocycles. The topological polar surface area (TPSA) is 38.3 Å². The van der Waals surface area contributed by atoms with Crippen molar-refractivity contribution in [1.82, 2.24) is 0 Å². The zero-order valence-corrected chi connectivity index (χ0v) is 13.5. The third-order valence-corrected chi connectivity index (χ3v) is 4.24. The van der Waals surface area contributed by atoms with E-state index in [0.29, 0.717) is 31.5 Å². The van der Waals surface area contributed by atoms with E-state index in [4.69, 9.17) is 27.9 Å². The van der Waals surface area contributed by atoms with E-state index < -0.39 is 0 Å². The number of halogens is 3. The Morgan fingerprint density at radius 2 is 2.00 bits per heavy atom. The summed E-state index contributed by atoms with van der Waals surface area (Å²) in [6.45, 7) is 0. The maximum Gasteiger partial charge on any atom is 0.259 e. The van der Waals surface area contributed by atoms with E-state index in [0.717, 1.165) is 0 Å². The summed E-state index contributed by atoms with van der Waals surface area (Å²) in [4.78, 5) is 12.3. The molecule has 6 heteroatoms. The van der Waals surface area contributed by atoms with E-state index in [-0.39, 0.29) is 5.91 Å². The summed E-state index contributed by atoms with van der Waals surface area (Å²) in [6.07, 6.45) is 0. The Morgan fingerprint density at radius 3 is 2.70 bits per heavy atom. The zero-order chi connectivity index (χ0) is 14.7. The molecule has 0 unspecified atom stereocenters. The monoisotopic (exact) mass is 373 g/mol. The highest BCUT2D eigenvalue weighted by molar-refractivity contribution is 9.10. The fraction of sp³-hybridized carbons (Fsp3) is 0.0714. The maximum atomic E-state index is 12.3. The zero-order valence-electron chi connectivity index (χ0n) is 10.4. The van der Waals surface area contributed by atoms with Gasteiger partial charge in [-0.1, -0.05) is 29.3 Å². The minimum Gasteiger partial charge on any atom is -0.496 e. The van der Waals surface area contributed by atoms with Crippen LogP contribution in [0.25, 0.3) is 0 Å². The van der Waals surface area contributed by atoms with Gasteiger partial charge in [-0.25, -0.2) is 0 Å². The number of methoxy groups -OCH3 is 1. The van der Waals surface area contributed by atoms with E-state index in [1.165, 1.54) is 7.11 Å². The summed E-state index contributed by atoms with van der Waals surface area (Å²) in [5.41, 5.74) is 0.927. The summed E-state index contributed by atoms with van der Waals surface area (Å²) < 4.78 is 5.78. The Balaban J connectivity index is 2.33. The standard InChI is InChI=1S/C14H10BrCl2NO2/c1-20-12-6-5-8(16)7-9(12)14(19)18-11-4-2-3-10(17)13(11)15/h2-7H,1H3,(H,18,19). The number of hydrogen-bond donors (Lipinski definition) is 1. The van der Waals surface area contributed by atoms with E-state index in [2.05, 4.69) is 21.2 Å². The van der Waals surface area contributed by atoms with Crippen molar-refractivity contribution < 1.29 is 9.53 Å². The first-order valence-electron chi connectivity index (χ1n) is 5.62. The predicted molar refractivity (Wildman–Crippen MR) is 85.1 cm³/mol. The van der Waals surface area contributed by atoms with Crippen LogP contribution in [0.3, 0.4) is 0 Å². The largest absolute Gasteiger partial charge is 0.496 e. The van der Waals surface area contributed by atoms with Crippen LogP contribution in [0.2, 0.25) is 10.0 Å². The third kappa shape index (κ3) is 3.26. The first-order chi connectivity index (χ1) is 9.52. The summed E-state index contributed by atoms with van der Waals surface area (Å²) in [6, 6.07) is 10.1. The molecule has 104 valence electrons. The molecule has 0 atom stereocenters. The molecule has 0 saturated carbocycles. The Bertz CT molecular complexity index is 662. The molecule has 0 aliphatic rings. The van der Waals surface area contributed by atoms with Crippen molar-refractivity contribution >= 4 is 50.7 Å². The van der Waals surface area contributed by atoms with Crippen LogP contribution >= 0.6 is 39.1 Å². The lowest BCUT2D eigenvalue weighted by Crippen LogP contribution is -2.13. The highest BCUT2D eigenvalue weighted by Crippen LogP contribution is 2.31. The Hall–Kier alpha value is -1.23. The van der Waals surface area contributed by atoms with Crippen LogP contribution in [0, 0.1) is 0 Å². The van der Waals surface area contributed by atoms with Crippen molar-refractivity contribution in [3.8, 4) is 5.75 Å². The fourth-order valence-electron chi connectivity index (χ4n) is 1.65.